The highest BCUT2D eigenvalue weighted by Gasteiger charge is 2.32. The topological polar surface area (TPSA) is 0 Å². The summed E-state index contributed by atoms with van der Waals surface area (Å²) >= 11 is 0. The Morgan fingerprint density at radius 3 is 1.32 bits per heavy atom. The van der Waals surface area contributed by atoms with Crippen LogP contribution in [0.15, 0.2) is 97.1 Å². The van der Waals surface area contributed by atoms with Gasteiger partial charge >= 0.3 is 0 Å². The van der Waals surface area contributed by atoms with Crippen molar-refractivity contribution in [2.24, 2.45) is 0 Å². The van der Waals surface area contributed by atoms with E-state index in [1.807, 2.05) is 0 Å². The monoisotopic (exact) mass is 480 g/mol. The molecule has 10 rings (SSSR count). The zero-order valence-corrected chi connectivity index (χ0v) is 21.1. The average molecular weight is 481 g/mol. The van der Waals surface area contributed by atoms with Crippen LogP contribution in [-0.2, 0) is 25.7 Å². The Bertz CT molecular complexity index is 2070. The Morgan fingerprint density at radius 2 is 0.711 bits per heavy atom. The Labute approximate surface area is 222 Å². The van der Waals surface area contributed by atoms with E-state index in [1.54, 1.807) is 22.3 Å². The van der Waals surface area contributed by atoms with Gasteiger partial charge in [0, 0.05) is 0 Å². The maximum Gasteiger partial charge on any atom is -0.00102 e. The molecule has 0 amide bonds. The van der Waals surface area contributed by atoms with Crippen LogP contribution in [0.3, 0.4) is 0 Å². The first kappa shape index (κ1) is 19.7. The minimum absolute atomic E-state index is 1.06. The lowest BCUT2D eigenvalue weighted by molar-refractivity contribution is 1.16. The van der Waals surface area contributed by atoms with Gasteiger partial charge in [0.1, 0.15) is 0 Å². The third-order valence-electron chi connectivity index (χ3n) is 9.81. The van der Waals surface area contributed by atoms with Gasteiger partial charge in [0.05, 0.1) is 0 Å². The minimum Gasteiger partial charge on any atom is -0.0619 e. The van der Waals surface area contributed by atoms with Crippen molar-refractivity contribution in [3.05, 3.63) is 142 Å². The molecule has 0 atom stereocenters. The molecule has 6 aromatic carbocycles. The SMILES string of the molecule is c1ccc2c(c1)Cc1c-2ccc2c1Cc1cc3c(cc1-2)Cc1c-3ccc2c1Cc1cc3ccccc3cc1-2. The van der Waals surface area contributed by atoms with Gasteiger partial charge in [-0.1, -0.05) is 78.9 Å². The van der Waals surface area contributed by atoms with Gasteiger partial charge in [-0.3, -0.25) is 0 Å². The second-order valence-electron chi connectivity index (χ2n) is 11.6. The van der Waals surface area contributed by atoms with Crippen LogP contribution in [0.2, 0.25) is 0 Å². The molecule has 0 bridgehead atoms. The fourth-order valence-electron chi connectivity index (χ4n) is 8.07. The molecule has 0 aromatic heterocycles. The molecule has 6 aromatic rings. The van der Waals surface area contributed by atoms with E-state index < -0.39 is 0 Å². The molecular weight excluding hydrogens is 456 g/mol. The van der Waals surface area contributed by atoms with Gasteiger partial charge in [0.25, 0.3) is 0 Å². The summed E-state index contributed by atoms with van der Waals surface area (Å²) in [5.74, 6) is 0. The molecule has 0 nitrogen and oxygen atoms in total. The van der Waals surface area contributed by atoms with Crippen molar-refractivity contribution in [3.63, 3.8) is 0 Å². The Morgan fingerprint density at radius 1 is 0.289 bits per heavy atom. The van der Waals surface area contributed by atoms with Crippen molar-refractivity contribution < 1.29 is 0 Å². The molecule has 4 aliphatic rings. The summed E-state index contributed by atoms with van der Waals surface area (Å²) < 4.78 is 0. The zero-order valence-electron chi connectivity index (χ0n) is 21.1. The van der Waals surface area contributed by atoms with Crippen molar-refractivity contribution >= 4 is 10.8 Å². The molecule has 0 aliphatic heterocycles. The summed E-state index contributed by atoms with van der Waals surface area (Å²) in [4.78, 5) is 0. The summed E-state index contributed by atoms with van der Waals surface area (Å²) in [6.07, 6.45) is 4.25. The van der Waals surface area contributed by atoms with E-state index in [0.29, 0.717) is 0 Å². The molecule has 0 heteroatoms. The molecule has 38 heavy (non-hydrogen) atoms. The lowest BCUT2D eigenvalue weighted by Crippen LogP contribution is -1.91. The molecule has 176 valence electrons. The van der Waals surface area contributed by atoms with Crippen LogP contribution < -0.4 is 0 Å². The number of hydrogen-bond donors (Lipinski definition) is 0. The molecule has 0 unspecified atom stereocenters. The second-order valence-corrected chi connectivity index (χ2v) is 11.6. The largest absolute Gasteiger partial charge is 0.0619 e. The van der Waals surface area contributed by atoms with Crippen LogP contribution in [0.5, 0.6) is 0 Å². The van der Waals surface area contributed by atoms with Crippen molar-refractivity contribution in [1.29, 1.82) is 0 Å². The zero-order chi connectivity index (χ0) is 24.5. The van der Waals surface area contributed by atoms with Crippen molar-refractivity contribution in [2.75, 3.05) is 0 Å². The predicted octanol–water partition coefficient (Wildman–Crippen LogP) is 9.12. The molecular formula is C38H24. The third kappa shape index (κ3) is 2.37. The van der Waals surface area contributed by atoms with Crippen LogP contribution in [0.1, 0.15) is 44.5 Å². The normalized spacial score (nSPS) is 14.4. The summed E-state index contributed by atoms with van der Waals surface area (Å²) in [5, 5.41) is 2.69. The summed E-state index contributed by atoms with van der Waals surface area (Å²) in [6, 6.07) is 37.2. The van der Waals surface area contributed by atoms with E-state index in [0.717, 1.165) is 25.7 Å². The highest BCUT2D eigenvalue weighted by Crippen LogP contribution is 2.51. The average Bonchev–Trinajstić information content (AvgIpc) is 3.69. The van der Waals surface area contributed by atoms with Crippen LogP contribution in [0.25, 0.3) is 55.3 Å². The first-order valence-electron chi connectivity index (χ1n) is 13.9. The fourth-order valence-corrected chi connectivity index (χ4v) is 8.07. The molecule has 0 fully saturated rings. The first-order valence-corrected chi connectivity index (χ1v) is 13.9. The van der Waals surface area contributed by atoms with E-state index in [2.05, 4.69) is 97.1 Å². The number of hydrogen-bond acceptors (Lipinski definition) is 0. The maximum atomic E-state index is 2.54. The van der Waals surface area contributed by atoms with E-state index >= 15 is 0 Å². The molecule has 0 N–H and O–H groups in total. The quantitative estimate of drug-likeness (QED) is 0.203. The van der Waals surface area contributed by atoms with Gasteiger partial charge in [-0.2, -0.15) is 0 Å². The molecule has 0 saturated carbocycles. The highest BCUT2D eigenvalue weighted by atomic mass is 14.4. The van der Waals surface area contributed by atoms with Crippen molar-refractivity contribution in [3.8, 4) is 44.5 Å². The number of rotatable bonds is 0. The van der Waals surface area contributed by atoms with Gasteiger partial charge in [-0.25, -0.2) is 0 Å². The number of fused-ring (bicyclic) bond motifs is 15. The van der Waals surface area contributed by atoms with Gasteiger partial charge in [0.15, 0.2) is 0 Å². The Balaban J connectivity index is 1.08. The smallest absolute Gasteiger partial charge is 0.00102 e. The first-order chi connectivity index (χ1) is 18.8. The lowest BCUT2D eigenvalue weighted by atomic mass is 9.95. The Kier molecular flexibility index (Phi) is 3.47. The molecule has 0 heterocycles. The van der Waals surface area contributed by atoms with Gasteiger partial charge < -0.3 is 0 Å². The molecule has 0 saturated heterocycles. The van der Waals surface area contributed by atoms with Crippen LogP contribution >= 0.6 is 0 Å². The number of benzene rings is 6. The Hall–Kier alpha value is -4.42. The van der Waals surface area contributed by atoms with E-state index in [4.69, 9.17) is 0 Å². The second kappa shape index (κ2) is 6.71. The van der Waals surface area contributed by atoms with E-state index in [1.165, 1.54) is 77.5 Å². The van der Waals surface area contributed by atoms with Crippen LogP contribution in [-0.4, -0.2) is 0 Å². The maximum absolute atomic E-state index is 2.54. The minimum atomic E-state index is 1.06. The van der Waals surface area contributed by atoms with Crippen LogP contribution in [0.4, 0.5) is 0 Å². The molecule has 0 radical (unpaired) electrons. The predicted molar refractivity (Wildman–Crippen MR) is 157 cm³/mol. The van der Waals surface area contributed by atoms with E-state index in [9.17, 15) is 0 Å². The van der Waals surface area contributed by atoms with Crippen molar-refractivity contribution in [1.82, 2.24) is 0 Å². The third-order valence-corrected chi connectivity index (χ3v) is 9.81. The molecule has 0 spiro atoms. The summed E-state index contributed by atoms with van der Waals surface area (Å²) in [5.41, 5.74) is 23.8. The summed E-state index contributed by atoms with van der Waals surface area (Å²) in [6.45, 7) is 0. The highest BCUT2D eigenvalue weighted by molar-refractivity contribution is 5.95. The fraction of sp³-hybridized carbons (Fsp3) is 0.105. The van der Waals surface area contributed by atoms with Gasteiger partial charge in [-0.05, 0) is 144 Å². The van der Waals surface area contributed by atoms with Crippen LogP contribution in [0, 0.1) is 0 Å². The standard InChI is InChI=1S/C38H24/c1-2-6-22-14-32-24(13-21(22)5-1)18-36-29(32)11-12-31-34-16-25-19-37-30(33(25)17-26(34)20-38(31)36)10-9-28-27-8-4-3-7-23(27)15-35(28)37/h1-14,16-17H,15,18-20H2. The summed E-state index contributed by atoms with van der Waals surface area (Å²) in [7, 11) is 0. The van der Waals surface area contributed by atoms with Crippen molar-refractivity contribution in [2.45, 2.75) is 25.7 Å². The van der Waals surface area contributed by atoms with Gasteiger partial charge in [-0.15, -0.1) is 0 Å². The van der Waals surface area contributed by atoms with Gasteiger partial charge in [0.2, 0.25) is 0 Å². The lowest BCUT2D eigenvalue weighted by Gasteiger charge is -2.09. The van der Waals surface area contributed by atoms with E-state index in [-0.39, 0.29) is 0 Å². The molecule has 4 aliphatic carbocycles.